The molecule has 2 N–H and O–H groups in total. The molecule has 1 aromatic rings. The fraction of sp³-hybridized carbons (Fsp3) is 0.625. The number of thiazole rings is 1. The van der Waals surface area contributed by atoms with E-state index in [2.05, 4.69) is 4.98 Å². The van der Waals surface area contributed by atoms with Gasteiger partial charge in [0.15, 0.2) is 10.2 Å². The molecule has 0 aromatic carbocycles. The van der Waals surface area contributed by atoms with E-state index in [1.54, 1.807) is 17.5 Å². The minimum Gasteiger partial charge on any atom is -0.483 e. The van der Waals surface area contributed by atoms with Crippen LogP contribution in [0.1, 0.15) is 6.42 Å². The van der Waals surface area contributed by atoms with Crippen LogP contribution in [0, 0.1) is 0 Å². The van der Waals surface area contributed by atoms with Gasteiger partial charge in [0.05, 0.1) is 12.8 Å². The summed E-state index contributed by atoms with van der Waals surface area (Å²) in [5.41, 5.74) is 5.35. The Morgan fingerprint density at radius 2 is 2.38 bits per heavy atom. The number of hydrogen-bond acceptors (Lipinski definition) is 5. The summed E-state index contributed by atoms with van der Waals surface area (Å²) in [5.74, 6) is 0. The third-order valence-corrected chi connectivity index (χ3v) is 2.53. The van der Waals surface area contributed by atoms with Crippen molar-refractivity contribution in [1.82, 2.24) is 4.98 Å². The maximum atomic E-state index is 5.43. The highest BCUT2D eigenvalue weighted by Crippen LogP contribution is 2.26. The fourth-order valence-electron chi connectivity index (χ4n) is 0.780. The van der Waals surface area contributed by atoms with Crippen molar-refractivity contribution in [3.63, 3.8) is 0 Å². The van der Waals surface area contributed by atoms with Crippen LogP contribution in [-0.2, 0) is 0 Å². The molecule has 74 valence electrons. The van der Waals surface area contributed by atoms with E-state index in [-0.39, 0.29) is 0 Å². The van der Waals surface area contributed by atoms with Gasteiger partial charge >= 0.3 is 0 Å². The van der Waals surface area contributed by atoms with Gasteiger partial charge in [0, 0.05) is 14.1 Å². The monoisotopic (exact) mass is 201 g/mol. The van der Waals surface area contributed by atoms with E-state index >= 15 is 0 Å². The zero-order chi connectivity index (χ0) is 9.68. The van der Waals surface area contributed by atoms with E-state index in [9.17, 15) is 0 Å². The Kier molecular flexibility index (Phi) is 3.98. The largest absolute Gasteiger partial charge is 0.483 e. The highest BCUT2D eigenvalue weighted by atomic mass is 32.1. The van der Waals surface area contributed by atoms with E-state index in [1.807, 2.05) is 19.0 Å². The van der Waals surface area contributed by atoms with Crippen molar-refractivity contribution in [2.24, 2.45) is 5.73 Å². The number of anilines is 1. The van der Waals surface area contributed by atoms with Crippen LogP contribution in [0.2, 0.25) is 0 Å². The lowest BCUT2D eigenvalue weighted by atomic mass is 10.5. The Bertz CT molecular complexity index is 249. The highest BCUT2D eigenvalue weighted by molar-refractivity contribution is 7.17. The molecule has 0 spiro atoms. The Balaban J connectivity index is 2.40. The minimum absolute atomic E-state index is 0.666. The maximum Gasteiger partial charge on any atom is 0.195 e. The van der Waals surface area contributed by atoms with Gasteiger partial charge in [0.1, 0.15) is 0 Å². The van der Waals surface area contributed by atoms with Crippen molar-refractivity contribution in [2.45, 2.75) is 6.42 Å². The topological polar surface area (TPSA) is 51.4 Å². The molecule has 13 heavy (non-hydrogen) atoms. The third-order valence-electron chi connectivity index (χ3n) is 1.45. The number of rotatable bonds is 5. The van der Waals surface area contributed by atoms with Gasteiger partial charge in [-0.05, 0) is 13.0 Å². The lowest BCUT2D eigenvalue weighted by Crippen LogP contribution is -2.07. The van der Waals surface area contributed by atoms with Gasteiger partial charge in [0.25, 0.3) is 0 Å². The Morgan fingerprint density at radius 1 is 1.62 bits per heavy atom. The molecule has 0 aliphatic heterocycles. The predicted molar refractivity (Wildman–Crippen MR) is 55.6 cm³/mol. The summed E-state index contributed by atoms with van der Waals surface area (Å²) in [7, 11) is 3.92. The first-order valence-electron chi connectivity index (χ1n) is 4.20. The summed E-state index contributed by atoms with van der Waals surface area (Å²) in [4.78, 5) is 6.14. The van der Waals surface area contributed by atoms with Gasteiger partial charge in [0.2, 0.25) is 0 Å². The van der Waals surface area contributed by atoms with Gasteiger partial charge in [-0.3, -0.25) is 0 Å². The number of ether oxygens (including phenoxy) is 1. The second kappa shape index (κ2) is 5.04. The number of nitrogens with two attached hydrogens (primary N) is 1. The number of hydrogen-bond donors (Lipinski definition) is 1. The normalized spacial score (nSPS) is 10.1. The Labute approximate surface area is 82.3 Å². The van der Waals surface area contributed by atoms with Crippen LogP contribution >= 0.6 is 11.3 Å². The van der Waals surface area contributed by atoms with Crippen LogP contribution in [0.5, 0.6) is 5.06 Å². The zero-order valence-corrected chi connectivity index (χ0v) is 8.80. The fourth-order valence-corrected chi connectivity index (χ4v) is 1.50. The highest BCUT2D eigenvalue weighted by Gasteiger charge is 2.03. The molecule has 0 aliphatic rings. The molecule has 0 aliphatic carbocycles. The van der Waals surface area contributed by atoms with Gasteiger partial charge < -0.3 is 15.4 Å². The van der Waals surface area contributed by atoms with Crippen molar-refractivity contribution >= 4 is 16.5 Å². The molecule has 1 heterocycles. The molecular formula is C8H15N3OS. The summed E-state index contributed by atoms with van der Waals surface area (Å²) in [6.07, 6.45) is 2.63. The van der Waals surface area contributed by atoms with Crippen LogP contribution in [0.15, 0.2) is 6.20 Å². The second-order valence-electron chi connectivity index (χ2n) is 2.85. The van der Waals surface area contributed by atoms with Crippen LogP contribution in [0.4, 0.5) is 5.13 Å². The average molecular weight is 201 g/mol. The van der Waals surface area contributed by atoms with Crippen molar-refractivity contribution in [1.29, 1.82) is 0 Å². The molecule has 5 heteroatoms. The van der Waals surface area contributed by atoms with E-state index in [0.717, 1.165) is 16.6 Å². The summed E-state index contributed by atoms with van der Waals surface area (Å²) < 4.78 is 5.43. The molecule has 1 aromatic heterocycles. The molecule has 0 atom stereocenters. The predicted octanol–water partition coefficient (Wildman–Crippen LogP) is 0.937. The number of nitrogens with zero attached hydrogens (tertiary/aromatic N) is 2. The van der Waals surface area contributed by atoms with Gasteiger partial charge in [-0.1, -0.05) is 11.3 Å². The van der Waals surface area contributed by atoms with E-state index < -0.39 is 0 Å². The summed E-state index contributed by atoms with van der Waals surface area (Å²) in [6.45, 7) is 1.34. The quantitative estimate of drug-likeness (QED) is 0.720. The molecule has 0 saturated heterocycles. The molecule has 0 radical (unpaired) electrons. The Hall–Kier alpha value is -0.810. The third kappa shape index (κ3) is 3.20. The van der Waals surface area contributed by atoms with Crippen molar-refractivity contribution < 1.29 is 4.74 Å². The molecule has 0 amide bonds. The lowest BCUT2D eigenvalue weighted by molar-refractivity contribution is 0.322. The van der Waals surface area contributed by atoms with Crippen molar-refractivity contribution in [3.05, 3.63) is 6.20 Å². The van der Waals surface area contributed by atoms with Crippen molar-refractivity contribution in [2.75, 3.05) is 32.1 Å². The van der Waals surface area contributed by atoms with Crippen molar-refractivity contribution in [3.8, 4) is 5.06 Å². The SMILES string of the molecule is CN(C)c1ncc(OCCCN)s1. The maximum absolute atomic E-state index is 5.43. The minimum atomic E-state index is 0.666. The molecule has 1 rings (SSSR count). The van der Waals surface area contributed by atoms with Gasteiger partial charge in [-0.2, -0.15) is 0 Å². The van der Waals surface area contributed by atoms with E-state index in [0.29, 0.717) is 13.2 Å². The number of aromatic nitrogens is 1. The van der Waals surface area contributed by atoms with Crippen LogP contribution in [0.25, 0.3) is 0 Å². The van der Waals surface area contributed by atoms with Gasteiger partial charge in [-0.25, -0.2) is 4.98 Å². The lowest BCUT2D eigenvalue weighted by Gasteiger charge is -2.05. The molecule has 0 fully saturated rings. The molecule has 0 saturated carbocycles. The molecule has 0 unspecified atom stereocenters. The van der Waals surface area contributed by atoms with Crippen LogP contribution in [0.3, 0.4) is 0 Å². The molecule has 0 bridgehead atoms. The summed E-state index contributed by atoms with van der Waals surface area (Å²) in [6, 6.07) is 0. The first-order valence-corrected chi connectivity index (χ1v) is 5.01. The zero-order valence-electron chi connectivity index (χ0n) is 7.99. The van der Waals surface area contributed by atoms with Gasteiger partial charge in [-0.15, -0.1) is 0 Å². The molecule has 4 nitrogen and oxygen atoms in total. The smallest absolute Gasteiger partial charge is 0.195 e. The average Bonchev–Trinajstić information content (AvgIpc) is 2.53. The van der Waals surface area contributed by atoms with Crippen LogP contribution in [-0.4, -0.2) is 32.2 Å². The first kappa shape index (κ1) is 10.3. The summed E-state index contributed by atoms with van der Waals surface area (Å²) in [5, 5.41) is 1.82. The second-order valence-corrected chi connectivity index (χ2v) is 3.82. The molecular weight excluding hydrogens is 186 g/mol. The van der Waals surface area contributed by atoms with E-state index in [1.165, 1.54) is 0 Å². The first-order chi connectivity index (χ1) is 6.24. The standard InChI is InChI=1S/C8H15N3OS/c1-11(2)8-10-6-7(13-8)12-5-3-4-9/h6H,3-5,9H2,1-2H3. The van der Waals surface area contributed by atoms with Crippen LogP contribution < -0.4 is 15.4 Å². The van der Waals surface area contributed by atoms with E-state index in [4.69, 9.17) is 10.5 Å². The Morgan fingerprint density at radius 3 is 2.92 bits per heavy atom. The summed E-state index contributed by atoms with van der Waals surface area (Å²) >= 11 is 1.54.